The molecule has 0 aromatic heterocycles. The Morgan fingerprint density at radius 3 is 0.730 bits per heavy atom. The first-order valence-corrected chi connectivity index (χ1v) is 23.8. The fourth-order valence-electron chi connectivity index (χ4n) is 8.71. The first-order valence-electron chi connectivity index (χ1n) is 23.8. The monoisotopic (exact) mass is 901 g/mol. The maximum absolute atomic E-state index is 12.0. The van der Waals surface area contributed by atoms with Crippen LogP contribution in [-0.4, -0.2) is 88.6 Å². The van der Waals surface area contributed by atoms with Gasteiger partial charge in [-0.1, -0.05) is 180 Å². The lowest BCUT2D eigenvalue weighted by Crippen LogP contribution is -2.65. The third-order valence-electron chi connectivity index (χ3n) is 12.7. The summed E-state index contributed by atoms with van der Waals surface area (Å²) in [4.78, 5) is 93.3. The Balaban J connectivity index is 3.86. The van der Waals surface area contributed by atoms with Crippen LogP contribution in [0.1, 0.15) is 225 Å². The zero-order valence-electron chi connectivity index (χ0n) is 37.7. The Labute approximate surface area is 373 Å². The number of carbonyl (C=O) groups is 8. The van der Waals surface area contributed by atoms with Gasteiger partial charge in [0, 0.05) is 6.42 Å². The van der Waals surface area contributed by atoms with Crippen molar-refractivity contribution in [2.24, 2.45) is 22.7 Å². The summed E-state index contributed by atoms with van der Waals surface area (Å²) in [5.41, 5.74) is -7.67. The Morgan fingerprint density at radius 2 is 0.508 bits per heavy atom. The van der Waals surface area contributed by atoms with Gasteiger partial charge in [0.15, 0.2) is 0 Å². The maximum atomic E-state index is 12.0. The van der Waals surface area contributed by atoms with E-state index in [0.717, 1.165) is 89.9 Å². The van der Waals surface area contributed by atoms with Crippen molar-refractivity contribution >= 4 is 47.8 Å². The Kier molecular flexibility index (Phi) is 32.8. The summed E-state index contributed by atoms with van der Waals surface area (Å²) >= 11 is 0. The van der Waals surface area contributed by atoms with Crippen LogP contribution in [0, 0.1) is 22.7 Å². The Morgan fingerprint density at radius 1 is 0.286 bits per heavy atom. The molecule has 0 saturated carbocycles. The van der Waals surface area contributed by atoms with Gasteiger partial charge in [-0.3, -0.25) is 38.4 Å². The summed E-state index contributed by atoms with van der Waals surface area (Å²) in [6, 6.07) is 0. The van der Waals surface area contributed by atoms with Gasteiger partial charge in [0.1, 0.15) is 0 Å². The molecule has 0 spiro atoms. The van der Waals surface area contributed by atoms with Crippen molar-refractivity contribution in [1.82, 2.24) is 0 Å². The molecule has 16 nitrogen and oxygen atoms in total. The van der Waals surface area contributed by atoms with Crippen LogP contribution >= 0.6 is 0 Å². The van der Waals surface area contributed by atoms with Crippen molar-refractivity contribution < 1.29 is 79.2 Å². The average molecular weight is 901 g/mol. The van der Waals surface area contributed by atoms with Crippen LogP contribution < -0.4 is 0 Å². The molecule has 2 unspecified atom stereocenters. The van der Waals surface area contributed by atoms with E-state index in [0.29, 0.717) is 44.9 Å². The molecule has 0 aromatic rings. The molecule has 0 fully saturated rings. The van der Waals surface area contributed by atoms with Crippen molar-refractivity contribution in [3.05, 3.63) is 0 Å². The van der Waals surface area contributed by atoms with Crippen molar-refractivity contribution in [1.29, 1.82) is 0 Å². The molecule has 0 rings (SSSR count). The highest BCUT2D eigenvalue weighted by Crippen LogP contribution is 2.46. The van der Waals surface area contributed by atoms with Gasteiger partial charge in [0.05, 0.1) is 11.8 Å². The normalized spacial score (nSPS) is 12.7. The fourth-order valence-corrected chi connectivity index (χ4v) is 8.71. The topological polar surface area (TPSA) is 298 Å². The minimum atomic E-state index is -4.09. The molecule has 364 valence electrons. The zero-order valence-corrected chi connectivity index (χ0v) is 37.7. The van der Waals surface area contributed by atoms with Crippen LogP contribution in [-0.2, 0) is 38.4 Å². The zero-order chi connectivity index (χ0) is 47.5. The lowest BCUT2D eigenvalue weighted by molar-refractivity contribution is -0.203. The van der Waals surface area contributed by atoms with Gasteiger partial charge in [-0.15, -0.1) is 0 Å². The highest BCUT2D eigenvalue weighted by molar-refractivity contribution is 6.24. The van der Waals surface area contributed by atoms with Gasteiger partial charge in [0.25, 0.3) is 5.41 Å². The molecule has 0 bridgehead atoms. The molecular formula is C47H80O16. The Hall–Kier alpha value is -4.24. The van der Waals surface area contributed by atoms with E-state index in [1.165, 1.54) is 70.6 Å². The first-order chi connectivity index (χ1) is 30.0. The molecule has 0 aliphatic heterocycles. The van der Waals surface area contributed by atoms with Gasteiger partial charge in [0.2, 0.25) is 5.41 Å². The lowest BCUT2D eigenvalue weighted by Gasteiger charge is -2.35. The number of carboxylic acid groups (broad SMARTS) is 8. The highest BCUT2D eigenvalue weighted by Gasteiger charge is 2.76. The van der Waals surface area contributed by atoms with E-state index >= 15 is 0 Å². The van der Waals surface area contributed by atoms with Crippen molar-refractivity contribution in [2.45, 2.75) is 225 Å². The quantitative estimate of drug-likeness (QED) is 0.0208. The number of hydrogen-bond donors (Lipinski definition) is 8. The van der Waals surface area contributed by atoms with E-state index in [-0.39, 0.29) is 18.8 Å². The molecule has 8 N–H and O–H groups in total. The summed E-state index contributed by atoms with van der Waals surface area (Å²) in [6.07, 6.45) is 29.3. The summed E-state index contributed by atoms with van der Waals surface area (Å²) in [5.74, 6) is -15.4. The summed E-state index contributed by atoms with van der Waals surface area (Å²) in [6.45, 7) is 0. The lowest BCUT2D eigenvalue weighted by atomic mass is 9.60. The Bertz CT molecular complexity index is 1310. The molecular weight excluding hydrogens is 821 g/mol. The molecule has 0 aliphatic carbocycles. The fraction of sp³-hybridized carbons (Fsp3) is 0.830. The number of unbranched alkanes of at least 4 members (excludes halogenated alkanes) is 26. The van der Waals surface area contributed by atoms with Crippen LogP contribution in [0.4, 0.5) is 0 Å². The highest BCUT2D eigenvalue weighted by atomic mass is 16.4. The first kappa shape index (κ1) is 58.8. The molecule has 0 aliphatic rings. The van der Waals surface area contributed by atoms with E-state index in [1.54, 1.807) is 0 Å². The smallest absolute Gasteiger partial charge is 0.334 e. The summed E-state index contributed by atoms with van der Waals surface area (Å²) in [7, 11) is 0. The second-order valence-electron chi connectivity index (χ2n) is 17.6. The van der Waals surface area contributed by atoms with E-state index in [2.05, 4.69) is 0 Å². The molecule has 0 aromatic carbocycles. The predicted octanol–water partition coefficient (Wildman–Crippen LogP) is 10.5. The molecule has 2 atom stereocenters. The van der Waals surface area contributed by atoms with Gasteiger partial charge in [-0.25, -0.2) is 0 Å². The van der Waals surface area contributed by atoms with E-state index in [1.807, 2.05) is 0 Å². The average Bonchev–Trinajstić information content (AvgIpc) is 3.20. The summed E-state index contributed by atoms with van der Waals surface area (Å²) < 4.78 is 0. The van der Waals surface area contributed by atoms with Crippen molar-refractivity contribution in [3.8, 4) is 0 Å². The number of carboxylic acids is 8. The predicted molar refractivity (Wildman–Crippen MR) is 235 cm³/mol. The SMILES string of the molecule is O=C(O)CCCCCCC(CCCCCC(CCCCCCCCCCCCCCCCCCCCCCCCC(C(=O)O)(C(=O)O)C(C(=O)O)(C(=O)O)C(=O)O)C(=O)O)C(=O)O. The van der Waals surface area contributed by atoms with Gasteiger partial charge >= 0.3 is 47.8 Å². The molecule has 0 heterocycles. The maximum Gasteiger partial charge on any atom is 0.334 e. The van der Waals surface area contributed by atoms with Gasteiger partial charge < -0.3 is 40.9 Å². The van der Waals surface area contributed by atoms with E-state index in [4.69, 9.17) is 5.11 Å². The van der Waals surface area contributed by atoms with Crippen LogP contribution in [0.2, 0.25) is 0 Å². The van der Waals surface area contributed by atoms with E-state index < -0.39 is 70.9 Å². The number of aliphatic carboxylic acids is 8. The van der Waals surface area contributed by atoms with E-state index in [9.17, 15) is 74.1 Å². The minimum absolute atomic E-state index is 0.150. The van der Waals surface area contributed by atoms with Gasteiger partial charge in [-0.05, 0) is 38.5 Å². The molecule has 63 heavy (non-hydrogen) atoms. The largest absolute Gasteiger partial charge is 0.481 e. The molecule has 0 radical (unpaired) electrons. The molecule has 0 saturated heterocycles. The van der Waals surface area contributed by atoms with Gasteiger partial charge in [-0.2, -0.15) is 0 Å². The van der Waals surface area contributed by atoms with Crippen LogP contribution in [0.15, 0.2) is 0 Å². The third kappa shape index (κ3) is 23.3. The van der Waals surface area contributed by atoms with Crippen LogP contribution in [0.5, 0.6) is 0 Å². The van der Waals surface area contributed by atoms with Crippen LogP contribution in [0.3, 0.4) is 0 Å². The second kappa shape index (κ2) is 35.2. The standard InChI is InChI=1S/C47H80O16/c48-38(49)34-28-21-20-25-31-37(40(52)53)33-27-23-26-32-36(39(50)51)30-24-19-17-15-13-11-9-7-5-3-1-2-4-6-8-10-12-14-16-18-22-29-35-46(41(54)55,42(56)57)47(43(58)59,44(60)61)45(62)63/h36-37H,1-35H2,(H,48,49)(H,50,51)(H,52,53)(H,54,55)(H,56,57)(H,58,59)(H,60,61)(H,62,63). The summed E-state index contributed by atoms with van der Waals surface area (Å²) in [5, 5.41) is 75.5. The number of hydrogen-bond acceptors (Lipinski definition) is 8. The third-order valence-corrected chi connectivity index (χ3v) is 12.7. The van der Waals surface area contributed by atoms with Crippen LogP contribution in [0.25, 0.3) is 0 Å². The molecule has 16 heteroatoms. The second-order valence-corrected chi connectivity index (χ2v) is 17.6. The molecule has 0 amide bonds. The minimum Gasteiger partial charge on any atom is -0.481 e. The van der Waals surface area contributed by atoms with Crippen molar-refractivity contribution in [3.63, 3.8) is 0 Å². The number of rotatable bonds is 46. The van der Waals surface area contributed by atoms with Crippen molar-refractivity contribution in [2.75, 3.05) is 0 Å².